The van der Waals surface area contributed by atoms with Crippen LogP contribution in [-0.2, 0) is 7.05 Å². The highest BCUT2D eigenvalue weighted by atomic mass is 35.5. The fraction of sp³-hybridized carbons (Fsp3) is 0.381. The quantitative estimate of drug-likeness (QED) is 0.581. The predicted octanol–water partition coefficient (Wildman–Crippen LogP) is 5.16. The number of aryl methyl sites for hydroxylation is 1. The number of anilines is 1. The fourth-order valence-electron chi connectivity index (χ4n) is 4.81. The number of para-hydroxylation sites is 2. The van der Waals surface area contributed by atoms with Gasteiger partial charge in [0, 0.05) is 55.7 Å². The molecule has 2 saturated heterocycles. The SMILES string of the molecule is Cn1c(-c2cc(N3[C@@H]4CC[C@H]3CC(=NS(C)(O)O)C4)ncc2Cl)nc2ccccc21. The summed E-state index contributed by atoms with van der Waals surface area (Å²) >= 11 is 6.55. The lowest BCUT2D eigenvalue weighted by Crippen LogP contribution is -2.43. The van der Waals surface area contributed by atoms with Gasteiger partial charge in [0.05, 0.1) is 16.1 Å². The van der Waals surface area contributed by atoms with Crippen LogP contribution in [0.3, 0.4) is 0 Å². The lowest BCUT2D eigenvalue weighted by atomic mass is 10.0. The standard InChI is InChI=1S/C21H24ClN5O2S/c1-26-19-6-4-3-5-18(19)24-21(26)16-11-20(23-12-17(16)22)27-14-7-8-15(27)10-13(9-14)25-30(2,28)29/h3-6,11-12,14-15,28-29H,7-10H2,1-2H3/t14-,15+. The van der Waals surface area contributed by atoms with E-state index in [9.17, 15) is 9.11 Å². The Morgan fingerprint density at radius 1 is 1.17 bits per heavy atom. The fourth-order valence-corrected chi connectivity index (χ4v) is 5.64. The second kappa shape index (κ2) is 7.23. The number of nitrogens with zero attached hydrogens (tertiary/aromatic N) is 5. The Bertz CT molecular complexity index is 1140. The molecule has 9 heteroatoms. The van der Waals surface area contributed by atoms with Crippen molar-refractivity contribution in [3.63, 3.8) is 0 Å². The van der Waals surface area contributed by atoms with Crippen LogP contribution in [0.2, 0.25) is 5.02 Å². The lowest BCUT2D eigenvalue weighted by Gasteiger charge is -2.37. The van der Waals surface area contributed by atoms with E-state index in [4.69, 9.17) is 16.6 Å². The van der Waals surface area contributed by atoms with Gasteiger partial charge in [-0.25, -0.2) is 9.97 Å². The average molecular weight is 446 g/mol. The van der Waals surface area contributed by atoms with Crippen LogP contribution in [0, 0.1) is 0 Å². The molecule has 158 valence electrons. The Kier molecular flexibility index (Phi) is 4.77. The van der Waals surface area contributed by atoms with Gasteiger partial charge in [0.15, 0.2) is 0 Å². The van der Waals surface area contributed by atoms with Crippen molar-refractivity contribution in [2.75, 3.05) is 11.2 Å². The number of benzene rings is 1. The summed E-state index contributed by atoms with van der Waals surface area (Å²) in [6.07, 6.45) is 6.62. The molecule has 0 aliphatic carbocycles. The van der Waals surface area contributed by atoms with Gasteiger partial charge in [-0.1, -0.05) is 23.7 Å². The monoisotopic (exact) mass is 445 g/mol. The van der Waals surface area contributed by atoms with Crippen molar-refractivity contribution >= 4 is 44.9 Å². The summed E-state index contributed by atoms with van der Waals surface area (Å²) in [5.41, 5.74) is 3.74. The summed E-state index contributed by atoms with van der Waals surface area (Å²) in [5.74, 6) is 1.70. The highest BCUT2D eigenvalue weighted by Crippen LogP contribution is 2.43. The van der Waals surface area contributed by atoms with E-state index in [2.05, 4.69) is 18.8 Å². The molecule has 30 heavy (non-hydrogen) atoms. The van der Waals surface area contributed by atoms with E-state index in [1.165, 1.54) is 6.26 Å². The van der Waals surface area contributed by atoms with Crippen LogP contribution < -0.4 is 4.90 Å². The zero-order valence-corrected chi connectivity index (χ0v) is 18.4. The molecule has 2 atom stereocenters. The minimum absolute atomic E-state index is 0.256. The third-order valence-electron chi connectivity index (χ3n) is 6.00. The molecular formula is C21H24ClN5O2S. The molecule has 2 fully saturated rings. The summed E-state index contributed by atoms with van der Waals surface area (Å²) in [6.45, 7) is 0. The minimum atomic E-state index is -2.87. The van der Waals surface area contributed by atoms with Crippen LogP contribution in [0.1, 0.15) is 25.7 Å². The highest BCUT2D eigenvalue weighted by molar-refractivity contribution is 8.22. The van der Waals surface area contributed by atoms with E-state index >= 15 is 0 Å². The number of rotatable bonds is 3. The molecule has 4 heterocycles. The summed E-state index contributed by atoms with van der Waals surface area (Å²) in [7, 11) is -0.868. The second-order valence-corrected chi connectivity index (χ2v) is 10.3. The number of fused-ring (bicyclic) bond motifs is 3. The normalized spacial score (nSPS) is 23.5. The Hall–Kier alpha value is -2.13. The number of piperidine rings is 1. The molecule has 0 spiro atoms. The smallest absolute Gasteiger partial charge is 0.142 e. The van der Waals surface area contributed by atoms with E-state index in [1.807, 2.05) is 37.4 Å². The Morgan fingerprint density at radius 2 is 1.87 bits per heavy atom. The molecule has 2 aromatic heterocycles. The number of halogens is 1. The summed E-state index contributed by atoms with van der Waals surface area (Å²) in [4.78, 5) is 11.8. The van der Waals surface area contributed by atoms with Crippen LogP contribution in [0.4, 0.5) is 5.82 Å². The summed E-state index contributed by atoms with van der Waals surface area (Å²) < 4.78 is 25.7. The molecule has 7 nitrogen and oxygen atoms in total. The highest BCUT2D eigenvalue weighted by Gasteiger charge is 2.40. The molecule has 1 aromatic carbocycles. The molecular weight excluding hydrogens is 422 g/mol. The van der Waals surface area contributed by atoms with Crippen molar-refractivity contribution in [1.29, 1.82) is 0 Å². The van der Waals surface area contributed by atoms with Crippen LogP contribution in [-0.4, -0.2) is 47.7 Å². The van der Waals surface area contributed by atoms with E-state index in [0.717, 1.165) is 59.6 Å². The molecule has 0 radical (unpaired) electrons. The average Bonchev–Trinajstić information content (AvgIpc) is 3.15. The third-order valence-corrected chi connectivity index (χ3v) is 6.90. The Morgan fingerprint density at radius 3 is 2.53 bits per heavy atom. The number of hydrogen-bond donors (Lipinski definition) is 2. The maximum Gasteiger partial charge on any atom is 0.142 e. The molecule has 0 amide bonds. The van der Waals surface area contributed by atoms with Crippen LogP contribution in [0.5, 0.6) is 0 Å². The zero-order chi connectivity index (χ0) is 21.0. The Balaban J connectivity index is 1.52. The van der Waals surface area contributed by atoms with E-state index in [1.54, 1.807) is 6.20 Å². The molecule has 2 aliphatic rings. The van der Waals surface area contributed by atoms with Gasteiger partial charge in [-0.05, 0) is 31.0 Å². The van der Waals surface area contributed by atoms with Gasteiger partial charge in [0.1, 0.15) is 11.6 Å². The van der Waals surface area contributed by atoms with E-state index in [0.29, 0.717) is 5.02 Å². The summed E-state index contributed by atoms with van der Waals surface area (Å²) in [6, 6.07) is 10.6. The molecule has 0 saturated carbocycles. The number of aromatic nitrogens is 3. The molecule has 2 N–H and O–H groups in total. The second-order valence-electron chi connectivity index (χ2n) is 8.16. The minimum Gasteiger partial charge on any atom is -0.350 e. The van der Waals surface area contributed by atoms with E-state index < -0.39 is 10.8 Å². The van der Waals surface area contributed by atoms with E-state index in [-0.39, 0.29) is 12.1 Å². The van der Waals surface area contributed by atoms with Crippen molar-refractivity contribution in [1.82, 2.24) is 14.5 Å². The zero-order valence-electron chi connectivity index (χ0n) is 16.9. The van der Waals surface area contributed by atoms with Gasteiger partial charge >= 0.3 is 0 Å². The molecule has 3 aromatic rings. The van der Waals surface area contributed by atoms with Crippen molar-refractivity contribution < 1.29 is 9.11 Å². The van der Waals surface area contributed by atoms with Gasteiger partial charge in [-0.15, -0.1) is 10.8 Å². The first-order valence-corrected chi connectivity index (χ1v) is 12.3. The van der Waals surface area contributed by atoms with Crippen LogP contribution >= 0.6 is 22.4 Å². The first-order valence-electron chi connectivity index (χ1n) is 9.97. The number of imidazole rings is 1. The molecule has 5 rings (SSSR count). The lowest BCUT2D eigenvalue weighted by molar-refractivity contribution is 0.496. The largest absolute Gasteiger partial charge is 0.350 e. The molecule has 2 bridgehead atoms. The summed E-state index contributed by atoms with van der Waals surface area (Å²) in [5, 5.41) is 0.573. The molecule has 2 aliphatic heterocycles. The van der Waals surface area contributed by atoms with Crippen LogP contribution in [0.25, 0.3) is 22.4 Å². The van der Waals surface area contributed by atoms with Crippen molar-refractivity contribution in [2.24, 2.45) is 11.4 Å². The van der Waals surface area contributed by atoms with Gasteiger partial charge in [-0.2, -0.15) is 4.40 Å². The Labute approximate surface area is 181 Å². The predicted molar refractivity (Wildman–Crippen MR) is 124 cm³/mol. The van der Waals surface area contributed by atoms with Crippen molar-refractivity contribution in [3.8, 4) is 11.4 Å². The van der Waals surface area contributed by atoms with Crippen molar-refractivity contribution in [3.05, 3.63) is 41.6 Å². The third kappa shape index (κ3) is 3.47. The maximum atomic E-state index is 9.73. The van der Waals surface area contributed by atoms with Gasteiger partial charge in [0.25, 0.3) is 0 Å². The van der Waals surface area contributed by atoms with Crippen molar-refractivity contribution in [2.45, 2.75) is 37.8 Å². The van der Waals surface area contributed by atoms with Gasteiger partial charge < -0.3 is 9.47 Å². The number of hydrogen-bond acceptors (Lipinski definition) is 6. The maximum absolute atomic E-state index is 9.73. The van der Waals surface area contributed by atoms with Gasteiger partial charge in [-0.3, -0.25) is 9.11 Å². The number of pyridine rings is 1. The molecule has 0 unspecified atom stereocenters. The topological polar surface area (TPSA) is 86.8 Å². The first-order chi connectivity index (χ1) is 14.3. The van der Waals surface area contributed by atoms with Gasteiger partial charge in [0.2, 0.25) is 0 Å². The first kappa shape index (κ1) is 19.8. The van der Waals surface area contributed by atoms with Crippen LogP contribution in [0.15, 0.2) is 40.9 Å².